The number of amides is 1. The summed E-state index contributed by atoms with van der Waals surface area (Å²) < 4.78 is 26.9. The van der Waals surface area contributed by atoms with Gasteiger partial charge in [0, 0.05) is 24.3 Å². The van der Waals surface area contributed by atoms with Crippen molar-refractivity contribution in [2.45, 2.75) is 37.9 Å². The van der Waals surface area contributed by atoms with Gasteiger partial charge in [-0.2, -0.15) is 5.10 Å². The van der Waals surface area contributed by atoms with Gasteiger partial charge < -0.3 is 0 Å². The van der Waals surface area contributed by atoms with E-state index < -0.39 is 17.7 Å². The van der Waals surface area contributed by atoms with Gasteiger partial charge in [0.05, 0.1) is 12.2 Å². The summed E-state index contributed by atoms with van der Waals surface area (Å²) in [5.74, 6) is 8.83. The highest BCUT2D eigenvalue weighted by atomic mass is 19.1. The van der Waals surface area contributed by atoms with E-state index in [1.807, 2.05) is 0 Å². The lowest BCUT2D eigenvalue weighted by molar-refractivity contribution is -0.129. The molecule has 136 valence electrons. The molecule has 1 heterocycles. The molecule has 0 saturated carbocycles. The number of nitrogens with zero attached hydrogens (tertiary/aromatic N) is 2. The third-order valence-electron chi connectivity index (χ3n) is 3.98. The lowest BCUT2D eigenvalue weighted by atomic mass is 10.0. The average Bonchev–Trinajstić information content (AvgIpc) is 3.06. The highest BCUT2D eigenvalue weighted by Crippen LogP contribution is 2.30. The Bertz CT molecular complexity index is 642. The number of benzene rings is 1. The largest absolute Gasteiger partial charge is 0.270 e. The van der Waals surface area contributed by atoms with Crippen molar-refractivity contribution in [1.82, 2.24) is 15.9 Å². The topological polar surface area (TPSA) is 109 Å². The van der Waals surface area contributed by atoms with Crippen molar-refractivity contribution >= 4 is 12.1 Å². The maximum Gasteiger partial charge on any atom is 0.269 e. The van der Waals surface area contributed by atoms with Crippen LogP contribution in [-0.2, 0) is 4.79 Å². The number of nitrogens with two attached hydrogens (primary N) is 2. The fourth-order valence-corrected chi connectivity index (χ4v) is 2.66. The number of nitrogens with one attached hydrogen (secondary N) is 2. The first kappa shape index (κ1) is 19.1. The number of hydrogen-bond donors (Lipinski definition) is 4. The first-order valence-electron chi connectivity index (χ1n) is 7.88. The van der Waals surface area contributed by atoms with Crippen molar-refractivity contribution < 1.29 is 13.6 Å². The van der Waals surface area contributed by atoms with E-state index >= 15 is 0 Å². The van der Waals surface area contributed by atoms with Gasteiger partial charge in [0.25, 0.3) is 5.91 Å². The summed E-state index contributed by atoms with van der Waals surface area (Å²) in [5, 5.41) is 5.26. The summed E-state index contributed by atoms with van der Waals surface area (Å²) in [5.41, 5.74) is 5.70. The molecule has 6 N–H and O–H groups in total. The summed E-state index contributed by atoms with van der Waals surface area (Å²) in [7, 11) is 0. The summed E-state index contributed by atoms with van der Waals surface area (Å²) in [6.07, 6.45) is 3.32. The van der Waals surface area contributed by atoms with Crippen LogP contribution in [0.4, 0.5) is 8.78 Å². The van der Waals surface area contributed by atoms with Crippen LogP contribution in [0.1, 0.15) is 37.3 Å². The molecule has 1 unspecified atom stereocenters. The van der Waals surface area contributed by atoms with Gasteiger partial charge in [-0.25, -0.2) is 24.6 Å². The van der Waals surface area contributed by atoms with Crippen molar-refractivity contribution in [2.75, 3.05) is 0 Å². The van der Waals surface area contributed by atoms with Crippen LogP contribution in [0, 0.1) is 11.6 Å². The molecule has 0 spiro atoms. The molecule has 2 rings (SSSR count). The van der Waals surface area contributed by atoms with Gasteiger partial charge in [0.15, 0.2) is 0 Å². The fourth-order valence-electron chi connectivity index (χ4n) is 2.66. The zero-order valence-corrected chi connectivity index (χ0v) is 13.7. The zero-order chi connectivity index (χ0) is 18.4. The Hall–Kier alpha value is -2.20. The van der Waals surface area contributed by atoms with Gasteiger partial charge in [-0.1, -0.05) is 6.58 Å². The van der Waals surface area contributed by atoms with E-state index in [0.29, 0.717) is 36.8 Å². The predicted octanol–water partition coefficient (Wildman–Crippen LogP) is 1.20. The van der Waals surface area contributed by atoms with Crippen molar-refractivity contribution in [1.29, 1.82) is 0 Å². The van der Waals surface area contributed by atoms with Gasteiger partial charge in [-0.05, 0) is 37.0 Å². The predicted molar refractivity (Wildman–Crippen MR) is 90.5 cm³/mol. The Kier molecular flexibility index (Phi) is 6.71. The van der Waals surface area contributed by atoms with Crippen molar-refractivity contribution in [2.24, 2.45) is 16.8 Å². The Morgan fingerprint density at radius 1 is 1.32 bits per heavy atom. The molecule has 0 aliphatic carbocycles. The number of hydrogen-bond acceptors (Lipinski definition) is 6. The van der Waals surface area contributed by atoms with Crippen LogP contribution in [0.15, 0.2) is 35.5 Å². The second-order valence-corrected chi connectivity index (χ2v) is 5.78. The van der Waals surface area contributed by atoms with Crippen LogP contribution in [-0.4, -0.2) is 23.3 Å². The van der Waals surface area contributed by atoms with Crippen molar-refractivity contribution in [3.63, 3.8) is 0 Å². The molecule has 0 bridgehead atoms. The van der Waals surface area contributed by atoms with Crippen LogP contribution >= 0.6 is 0 Å². The molecule has 0 saturated heterocycles. The molecule has 1 aromatic carbocycles. The Balaban J connectivity index is 1.99. The summed E-state index contributed by atoms with van der Waals surface area (Å²) in [4.78, 5) is 12.6. The van der Waals surface area contributed by atoms with E-state index in [2.05, 4.69) is 22.5 Å². The summed E-state index contributed by atoms with van der Waals surface area (Å²) in [6.45, 7) is 3.79. The number of carbonyl (C=O) groups excluding carboxylic acids is 1. The number of halogens is 2. The molecule has 1 amide bonds. The Labute approximate surface area is 144 Å². The number of carbonyl (C=O) groups is 1. The lowest BCUT2D eigenvalue weighted by Gasteiger charge is -2.23. The first-order chi connectivity index (χ1) is 12.0. The maximum absolute atomic E-state index is 13.4. The molecule has 25 heavy (non-hydrogen) atoms. The van der Waals surface area contributed by atoms with Crippen LogP contribution in [0.5, 0.6) is 0 Å². The Morgan fingerprint density at radius 2 is 1.96 bits per heavy atom. The van der Waals surface area contributed by atoms with Crippen LogP contribution < -0.4 is 22.5 Å². The molecule has 9 heteroatoms. The summed E-state index contributed by atoms with van der Waals surface area (Å²) >= 11 is 0. The summed E-state index contributed by atoms with van der Waals surface area (Å²) in [6, 6.07) is 2.66. The van der Waals surface area contributed by atoms with Gasteiger partial charge in [0.1, 0.15) is 11.6 Å². The van der Waals surface area contributed by atoms with E-state index in [1.54, 1.807) is 6.21 Å². The van der Waals surface area contributed by atoms with Crippen molar-refractivity contribution in [3.05, 3.63) is 47.5 Å². The molecule has 1 atom stereocenters. The number of rotatable bonds is 8. The minimum absolute atomic E-state index is 0.268. The third-order valence-corrected chi connectivity index (χ3v) is 3.98. The molecule has 0 aromatic heterocycles. The fraction of sp³-hybridized carbons (Fsp3) is 0.375. The minimum atomic E-state index is -0.692. The van der Waals surface area contributed by atoms with Crippen LogP contribution in [0.25, 0.3) is 0 Å². The van der Waals surface area contributed by atoms with E-state index in [9.17, 15) is 13.6 Å². The molecule has 1 aliphatic rings. The zero-order valence-electron chi connectivity index (χ0n) is 13.7. The maximum atomic E-state index is 13.4. The SMILES string of the molecule is C=C(CCCC(NN)NN)C(=O)N1N=CCC1c1cc(F)cc(F)c1. The second kappa shape index (κ2) is 8.77. The average molecular weight is 352 g/mol. The highest BCUT2D eigenvalue weighted by Gasteiger charge is 2.30. The van der Waals surface area contributed by atoms with Crippen LogP contribution in [0.2, 0.25) is 0 Å². The van der Waals surface area contributed by atoms with E-state index in [1.165, 1.54) is 17.1 Å². The monoisotopic (exact) mass is 352 g/mol. The van der Waals surface area contributed by atoms with Gasteiger partial charge in [-0.3, -0.25) is 16.5 Å². The van der Waals surface area contributed by atoms with Crippen molar-refractivity contribution in [3.8, 4) is 0 Å². The smallest absolute Gasteiger partial charge is 0.269 e. The highest BCUT2D eigenvalue weighted by molar-refractivity contribution is 5.94. The number of hydrazine groups is 2. The minimum Gasteiger partial charge on any atom is -0.270 e. The van der Waals surface area contributed by atoms with Gasteiger partial charge in [0.2, 0.25) is 0 Å². The standard InChI is InChI=1S/C16H22F2N6O/c1-10(3-2-4-15(22-19)23-20)16(25)24-14(5-6-21-24)11-7-12(17)9-13(18)8-11/h6-9,14-15,22-23H,1-5,19-20H2. The quantitative estimate of drug-likeness (QED) is 0.243. The number of hydrazone groups is 1. The molecular weight excluding hydrogens is 330 g/mol. The second-order valence-electron chi connectivity index (χ2n) is 5.78. The van der Waals surface area contributed by atoms with Gasteiger partial charge >= 0.3 is 0 Å². The molecule has 0 fully saturated rings. The normalized spacial score (nSPS) is 16.7. The molecule has 1 aliphatic heterocycles. The molecule has 1 aromatic rings. The van der Waals surface area contributed by atoms with E-state index in [0.717, 1.165) is 6.07 Å². The van der Waals surface area contributed by atoms with E-state index in [-0.39, 0.29) is 12.1 Å². The van der Waals surface area contributed by atoms with E-state index in [4.69, 9.17) is 11.7 Å². The first-order valence-corrected chi connectivity index (χ1v) is 7.88. The lowest BCUT2D eigenvalue weighted by Crippen LogP contribution is -2.49. The van der Waals surface area contributed by atoms with Gasteiger partial charge in [-0.15, -0.1) is 0 Å². The van der Waals surface area contributed by atoms with Crippen LogP contribution in [0.3, 0.4) is 0 Å². The molecule has 0 radical (unpaired) electrons. The molecular formula is C16H22F2N6O. The third kappa shape index (κ3) is 4.89. The molecule has 7 nitrogen and oxygen atoms in total. The Morgan fingerprint density at radius 3 is 2.56 bits per heavy atom.